The molecule has 84 valence electrons. The molecule has 0 aliphatic rings. The standard InChI is InChI=1S/C10H21N3.ClH/c1-5-10(2,12-9-11)7-6-8-13(3)4;/h11H,5-8H2,1-4H3;1H. The lowest BCUT2D eigenvalue weighted by Crippen LogP contribution is -2.23. The van der Waals surface area contributed by atoms with Crippen molar-refractivity contribution in [3.63, 3.8) is 0 Å². The fraction of sp³-hybridized carbons (Fsp3) is 0.900. The number of halogens is 1. The normalized spacial score (nSPS) is 14.1. The largest absolute Gasteiger partial charge is 0.309 e. The first-order valence-corrected chi connectivity index (χ1v) is 4.82. The maximum absolute atomic E-state index is 6.85. The van der Waals surface area contributed by atoms with Crippen LogP contribution in [-0.2, 0) is 0 Å². The second-order valence-corrected chi connectivity index (χ2v) is 3.98. The van der Waals surface area contributed by atoms with E-state index in [2.05, 4.69) is 43.8 Å². The monoisotopic (exact) mass is 219 g/mol. The summed E-state index contributed by atoms with van der Waals surface area (Å²) in [5.41, 5.74) is -0.0717. The minimum Gasteiger partial charge on any atom is -0.309 e. The molecule has 1 atom stereocenters. The van der Waals surface area contributed by atoms with Crippen molar-refractivity contribution in [2.24, 2.45) is 4.99 Å². The Kier molecular flexibility index (Phi) is 9.16. The van der Waals surface area contributed by atoms with Crippen molar-refractivity contribution >= 4 is 18.4 Å². The van der Waals surface area contributed by atoms with Gasteiger partial charge in [-0.15, -0.1) is 12.4 Å². The molecule has 0 aromatic carbocycles. The van der Waals surface area contributed by atoms with E-state index in [0.29, 0.717) is 0 Å². The minimum atomic E-state index is -0.0717. The van der Waals surface area contributed by atoms with Crippen LogP contribution in [0.15, 0.2) is 4.99 Å². The zero-order chi connectivity index (χ0) is 10.3. The fourth-order valence-corrected chi connectivity index (χ4v) is 1.22. The lowest BCUT2D eigenvalue weighted by atomic mass is 9.93. The van der Waals surface area contributed by atoms with Crippen LogP contribution in [0, 0.1) is 5.41 Å². The highest BCUT2D eigenvalue weighted by molar-refractivity contribution is 5.85. The molecule has 1 unspecified atom stereocenters. The molecule has 14 heavy (non-hydrogen) atoms. The first-order chi connectivity index (χ1) is 6.04. The molecule has 0 amide bonds. The molecule has 0 radical (unpaired) electrons. The van der Waals surface area contributed by atoms with E-state index in [4.69, 9.17) is 5.41 Å². The summed E-state index contributed by atoms with van der Waals surface area (Å²) in [6, 6.07) is 2.16. The Morgan fingerprint density at radius 2 is 2.00 bits per heavy atom. The van der Waals surface area contributed by atoms with E-state index >= 15 is 0 Å². The molecule has 3 nitrogen and oxygen atoms in total. The Morgan fingerprint density at radius 1 is 1.43 bits per heavy atom. The number of aliphatic imine (C=N–C) groups is 1. The molecule has 0 spiro atoms. The van der Waals surface area contributed by atoms with Gasteiger partial charge < -0.3 is 4.90 Å². The van der Waals surface area contributed by atoms with Gasteiger partial charge in [0.15, 0.2) is 0 Å². The Balaban J connectivity index is 0. The quantitative estimate of drug-likeness (QED) is 0.686. The number of rotatable bonds is 6. The van der Waals surface area contributed by atoms with Gasteiger partial charge in [0.2, 0.25) is 0 Å². The van der Waals surface area contributed by atoms with E-state index in [1.54, 1.807) is 0 Å². The Morgan fingerprint density at radius 3 is 2.36 bits per heavy atom. The second kappa shape index (κ2) is 7.98. The van der Waals surface area contributed by atoms with Crippen molar-refractivity contribution < 1.29 is 0 Å². The molecule has 4 heteroatoms. The zero-order valence-electron chi connectivity index (χ0n) is 9.63. The van der Waals surface area contributed by atoms with E-state index in [1.165, 1.54) is 0 Å². The average Bonchev–Trinajstić information content (AvgIpc) is 2.04. The van der Waals surface area contributed by atoms with Gasteiger partial charge in [-0.25, -0.2) is 10.4 Å². The van der Waals surface area contributed by atoms with Gasteiger partial charge in [-0.2, -0.15) is 0 Å². The Hall–Kier alpha value is -0.370. The predicted octanol–water partition coefficient (Wildman–Crippen LogP) is 2.67. The van der Waals surface area contributed by atoms with Crippen LogP contribution in [0.4, 0.5) is 0 Å². The number of nitrogens with zero attached hydrogens (tertiary/aromatic N) is 2. The van der Waals surface area contributed by atoms with Gasteiger partial charge in [-0.1, -0.05) is 6.92 Å². The van der Waals surface area contributed by atoms with E-state index in [-0.39, 0.29) is 17.9 Å². The molecule has 0 rings (SSSR count). The highest BCUT2D eigenvalue weighted by Crippen LogP contribution is 2.20. The molecule has 0 heterocycles. The highest BCUT2D eigenvalue weighted by Gasteiger charge is 2.19. The van der Waals surface area contributed by atoms with E-state index in [0.717, 1.165) is 25.8 Å². The summed E-state index contributed by atoms with van der Waals surface area (Å²) in [6.07, 6.45) is 3.14. The summed E-state index contributed by atoms with van der Waals surface area (Å²) in [7, 11) is 4.15. The van der Waals surface area contributed by atoms with Gasteiger partial charge in [0, 0.05) is 0 Å². The first-order valence-electron chi connectivity index (χ1n) is 4.82. The Labute approximate surface area is 93.5 Å². The minimum absolute atomic E-state index is 0. The van der Waals surface area contributed by atoms with Crippen LogP contribution in [0.3, 0.4) is 0 Å². The van der Waals surface area contributed by atoms with Crippen molar-refractivity contribution in [1.82, 2.24) is 4.90 Å². The van der Waals surface area contributed by atoms with Gasteiger partial charge in [-0.05, 0) is 46.8 Å². The fourth-order valence-electron chi connectivity index (χ4n) is 1.22. The van der Waals surface area contributed by atoms with Crippen molar-refractivity contribution in [1.29, 1.82) is 5.41 Å². The van der Waals surface area contributed by atoms with Gasteiger partial charge in [0.25, 0.3) is 0 Å². The number of nitrogens with one attached hydrogen (secondary N) is 1. The van der Waals surface area contributed by atoms with Gasteiger partial charge in [0.1, 0.15) is 0 Å². The molecule has 0 saturated heterocycles. The third-order valence-corrected chi connectivity index (χ3v) is 2.41. The molecule has 0 aliphatic heterocycles. The predicted molar refractivity (Wildman–Crippen MR) is 63.9 cm³/mol. The third kappa shape index (κ3) is 7.07. The van der Waals surface area contributed by atoms with Crippen LogP contribution >= 0.6 is 12.4 Å². The summed E-state index contributed by atoms with van der Waals surface area (Å²) < 4.78 is 0. The third-order valence-electron chi connectivity index (χ3n) is 2.41. The maximum Gasteiger partial charge on any atom is 0.0867 e. The van der Waals surface area contributed by atoms with E-state index in [1.807, 2.05) is 0 Å². The van der Waals surface area contributed by atoms with Gasteiger partial charge in [-0.3, -0.25) is 0 Å². The average molecular weight is 220 g/mol. The summed E-state index contributed by atoms with van der Waals surface area (Å²) in [4.78, 5) is 6.24. The molecule has 0 aliphatic carbocycles. The van der Waals surface area contributed by atoms with Gasteiger partial charge >= 0.3 is 0 Å². The van der Waals surface area contributed by atoms with Crippen molar-refractivity contribution in [2.75, 3.05) is 20.6 Å². The first kappa shape index (κ1) is 16.1. The smallest absolute Gasteiger partial charge is 0.0867 e. The summed E-state index contributed by atoms with van der Waals surface area (Å²) in [6.45, 7) is 5.28. The van der Waals surface area contributed by atoms with Gasteiger partial charge in [0.05, 0.1) is 11.5 Å². The van der Waals surface area contributed by atoms with E-state index in [9.17, 15) is 0 Å². The topological polar surface area (TPSA) is 39.5 Å². The lowest BCUT2D eigenvalue weighted by Gasteiger charge is -2.22. The zero-order valence-corrected chi connectivity index (χ0v) is 10.4. The SMILES string of the molecule is CCC(C)(CCCN(C)C)N=C=N.Cl. The van der Waals surface area contributed by atoms with Crippen LogP contribution in [-0.4, -0.2) is 37.1 Å². The molecule has 0 fully saturated rings. The molecule has 1 N–H and O–H groups in total. The Bertz CT molecular complexity index is 188. The second-order valence-electron chi connectivity index (χ2n) is 3.98. The number of hydrogen-bond donors (Lipinski definition) is 1. The molecule has 0 aromatic heterocycles. The van der Waals surface area contributed by atoms with Crippen molar-refractivity contribution in [2.45, 2.75) is 38.6 Å². The van der Waals surface area contributed by atoms with Crippen molar-refractivity contribution in [3.05, 3.63) is 0 Å². The molecular weight excluding hydrogens is 198 g/mol. The van der Waals surface area contributed by atoms with Crippen LogP contribution in [0.1, 0.15) is 33.1 Å². The van der Waals surface area contributed by atoms with Crippen LogP contribution in [0.5, 0.6) is 0 Å². The molecular formula is C10H22ClN3. The summed E-state index contributed by atoms with van der Waals surface area (Å²) >= 11 is 0. The van der Waals surface area contributed by atoms with Crippen LogP contribution < -0.4 is 0 Å². The molecule has 0 saturated carbocycles. The molecule has 0 bridgehead atoms. The molecule has 0 aromatic rings. The highest BCUT2D eigenvalue weighted by atomic mass is 35.5. The summed E-state index contributed by atoms with van der Waals surface area (Å²) in [5, 5.41) is 6.85. The summed E-state index contributed by atoms with van der Waals surface area (Å²) in [5.74, 6) is 0. The number of hydrogen-bond acceptors (Lipinski definition) is 3. The van der Waals surface area contributed by atoms with Crippen LogP contribution in [0.25, 0.3) is 0 Å². The van der Waals surface area contributed by atoms with Crippen LogP contribution in [0.2, 0.25) is 0 Å². The maximum atomic E-state index is 6.85. The van der Waals surface area contributed by atoms with Crippen molar-refractivity contribution in [3.8, 4) is 0 Å². The lowest BCUT2D eigenvalue weighted by molar-refractivity contribution is 0.345. The van der Waals surface area contributed by atoms with E-state index < -0.39 is 0 Å².